The van der Waals surface area contributed by atoms with Gasteiger partial charge in [0.2, 0.25) is 5.82 Å². The van der Waals surface area contributed by atoms with Gasteiger partial charge in [0.25, 0.3) is 5.91 Å². The minimum atomic E-state index is -4.56. The van der Waals surface area contributed by atoms with E-state index in [1.54, 1.807) is 24.3 Å². The van der Waals surface area contributed by atoms with E-state index >= 15 is 0 Å². The van der Waals surface area contributed by atoms with Crippen LogP contribution in [0, 0.1) is 0 Å². The summed E-state index contributed by atoms with van der Waals surface area (Å²) in [5.74, 6) is -1.53. The molecule has 0 aliphatic rings. The van der Waals surface area contributed by atoms with E-state index in [1.807, 2.05) is 0 Å². The van der Waals surface area contributed by atoms with Crippen molar-refractivity contribution >= 4 is 34.2 Å². The van der Waals surface area contributed by atoms with Gasteiger partial charge in [-0.15, -0.1) is 0 Å². The highest BCUT2D eigenvalue weighted by atomic mass is 35.5. The van der Waals surface area contributed by atoms with E-state index in [0.29, 0.717) is 5.69 Å². The number of rotatable bonds is 2. The highest BCUT2D eigenvalue weighted by Gasteiger charge is 2.34. The Balaban J connectivity index is 1.89. The van der Waals surface area contributed by atoms with Crippen LogP contribution in [0.1, 0.15) is 16.2 Å². The molecular weight excluding hydrogens is 331 g/mol. The van der Waals surface area contributed by atoms with Gasteiger partial charge >= 0.3 is 6.18 Å². The van der Waals surface area contributed by atoms with Gasteiger partial charge in [0.05, 0.1) is 21.6 Å². The Morgan fingerprint density at radius 3 is 2.61 bits per heavy atom. The maximum Gasteiger partial charge on any atom is 0.449 e. The number of imidazole rings is 1. The van der Waals surface area contributed by atoms with Crippen LogP contribution in [0.5, 0.6) is 0 Å². The zero-order chi connectivity index (χ0) is 16.6. The number of hydrogen-bond acceptors (Lipinski definition) is 2. The lowest BCUT2D eigenvalue weighted by atomic mass is 10.2. The molecule has 0 fully saturated rings. The summed E-state index contributed by atoms with van der Waals surface area (Å²) >= 11 is 5.93. The van der Waals surface area contributed by atoms with Crippen molar-refractivity contribution in [1.29, 1.82) is 0 Å². The summed E-state index contributed by atoms with van der Waals surface area (Å²) in [7, 11) is 0. The van der Waals surface area contributed by atoms with Crippen LogP contribution in [0.4, 0.5) is 18.9 Å². The lowest BCUT2D eigenvalue weighted by Gasteiger charge is -2.06. The SMILES string of the molecule is O=C(Nc1ccc2nc(C(F)(F)F)[nH]c2c1)c1ccccc1Cl. The number of carbonyl (C=O) groups is 1. The van der Waals surface area contributed by atoms with E-state index < -0.39 is 17.9 Å². The summed E-state index contributed by atoms with van der Waals surface area (Å²) in [5.41, 5.74) is 0.942. The summed E-state index contributed by atoms with van der Waals surface area (Å²) in [6.45, 7) is 0. The van der Waals surface area contributed by atoms with Crippen molar-refractivity contribution < 1.29 is 18.0 Å². The molecule has 3 rings (SSSR count). The average molecular weight is 340 g/mol. The van der Waals surface area contributed by atoms with Crippen LogP contribution >= 0.6 is 11.6 Å². The molecule has 1 aromatic heterocycles. The molecule has 0 radical (unpaired) electrons. The molecular formula is C15H9ClF3N3O. The number of aromatic nitrogens is 2. The first-order chi connectivity index (χ1) is 10.8. The average Bonchev–Trinajstić information content (AvgIpc) is 2.91. The third-order valence-corrected chi connectivity index (χ3v) is 3.46. The first-order valence-corrected chi connectivity index (χ1v) is 6.85. The lowest BCUT2D eigenvalue weighted by Crippen LogP contribution is -2.12. The molecule has 1 amide bonds. The number of halogens is 4. The standard InChI is InChI=1S/C15H9ClF3N3O/c16-10-4-2-1-3-9(10)13(23)20-8-5-6-11-12(7-8)22-14(21-11)15(17,18)19/h1-7H,(H,20,23)(H,21,22). The van der Waals surface area contributed by atoms with Crippen molar-refractivity contribution in [3.05, 3.63) is 58.9 Å². The minimum absolute atomic E-state index is 0.160. The predicted molar refractivity (Wildman–Crippen MR) is 80.5 cm³/mol. The molecule has 3 aromatic rings. The zero-order valence-electron chi connectivity index (χ0n) is 11.4. The molecule has 23 heavy (non-hydrogen) atoms. The van der Waals surface area contributed by atoms with Crippen LogP contribution in [-0.4, -0.2) is 15.9 Å². The molecule has 0 aliphatic heterocycles. The van der Waals surface area contributed by atoms with Crippen LogP contribution in [0.25, 0.3) is 11.0 Å². The van der Waals surface area contributed by atoms with Crippen LogP contribution in [0.15, 0.2) is 42.5 Å². The fourth-order valence-electron chi connectivity index (χ4n) is 2.07. The van der Waals surface area contributed by atoms with Gasteiger partial charge in [0.1, 0.15) is 0 Å². The minimum Gasteiger partial charge on any atom is -0.334 e. The summed E-state index contributed by atoms with van der Waals surface area (Å²) in [5, 5.41) is 2.87. The molecule has 118 valence electrons. The first-order valence-electron chi connectivity index (χ1n) is 6.47. The third kappa shape index (κ3) is 3.14. The maximum absolute atomic E-state index is 12.6. The Labute approximate surface area is 133 Å². The van der Waals surface area contributed by atoms with Crippen molar-refractivity contribution in [1.82, 2.24) is 9.97 Å². The van der Waals surface area contributed by atoms with Gasteiger partial charge in [0.15, 0.2) is 0 Å². The van der Waals surface area contributed by atoms with Gasteiger partial charge in [-0.1, -0.05) is 23.7 Å². The molecule has 0 unspecified atom stereocenters. The van der Waals surface area contributed by atoms with Gasteiger partial charge in [0, 0.05) is 5.69 Å². The number of carbonyl (C=O) groups excluding carboxylic acids is 1. The third-order valence-electron chi connectivity index (χ3n) is 3.13. The number of alkyl halides is 3. The fourth-order valence-corrected chi connectivity index (χ4v) is 2.29. The normalized spacial score (nSPS) is 11.7. The number of nitrogens with one attached hydrogen (secondary N) is 2. The Bertz CT molecular complexity index is 889. The molecule has 2 aromatic carbocycles. The fraction of sp³-hybridized carbons (Fsp3) is 0.0667. The Morgan fingerprint density at radius 1 is 1.17 bits per heavy atom. The van der Waals surface area contributed by atoms with Crippen LogP contribution in [-0.2, 0) is 6.18 Å². The second-order valence-corrected chi connectivity index (χ2v) is 5.16. The maximum atomic E-state index is 12.6. The summed E-state index contributed by atoms with van der Waals surface area (Å²) < 4.78 is 37.9. The van der Waals surface area contributed by atoms with Crippen molar-refractivity contribution in [3.63, 3.8) is 0 Å². The number of amides is 1. The number of H-pyrrole nitrogens is 1. The zero-order valence-corrected chi connectivity index (χ0v) is 12.2. The highest BCUT2D eigenvalue weighted by Crippen LogP contribution is 2.29. The molecule has 0 aliphatic carbocycles. The second-order valence-electron chi connectivity index (χ2n) is 4.75. The summed E-state index contributed by atoms with van der Waals surface area (Å²) in [6.07, 6.45) is -4.56. The molecule has 0 atom stereocenters. The number of fused-ring (bicyclic) bond motifs is 1. The number of anilines is 1. The van der Waals surface area contributed by atoms with Gasteiger partial charge in [-0.25, -0.2) is 4.98 Å². The van der Waals surface area contributed by atoms with Gasteiger partial charge in [-0.05, 0) is 30.3 Å². The largest absolute Gasteiger partial charge is 0.449 e. The molecule has 0 spiro atoms. The van der Waals surface area contributed by atoms with Gasteiger partial charge < -0.3 is 10.3 Å². The van der Waals surface area contributed by atoms with Crippen molar-refractivity contribution in [2.45, 2.75) is 6.18 Å². The van der Waals surface area contributed by atoms with E-state index in [4.69, 9.17) is 11.6 Å². The Kier molecular flexibility index (Phi) is 3.73. The number of aromatic amines is 1. The summed E-state index contributed by atoms with van der Waals surface area (Å²) in [4.78, 5) is 17.8. The number of benzene rings is 2. The molecule has 0 saturated heterocycles. The first kappa shape index (κ1) is 15.4. The summed E-state index contributed by atoms with van der Waals surface area (Å²) in [6, 6.07) is 10.7. The molecule has 1 heterocycles. The molecule has 2 N–H and O–H groups in total. The van der Waals surface area contributed by atoms with Gasteiger partial charge in [-0.2, -0.15) is 13.2 Å². The van der Waals surface area contributed by atoms with Crippen LogP contribution in [0.3, 0.4) is 0 Å². The Morgan fingerprint density at radius 2 is 1.91 bits per heavy atom. The van der Waals surface area contributed by atoms with Gasteiger partial charge in [-0.3, -0.25) is 4.79 Å². The van der Waals surface area contributed by atoms with E-state index in [0.717, 1.165) is 0 Å². The van der Waals surface area contributed by atoms with Crippen molar-refractivity contribution in [2.75, 3.05) is 5.32 Å². The molecule has 0 saturated carbocycles. The predicted octanol–water partition coefficient (Wildman–Crippen LogP) is 4.49. The lowest BCUT2D eigenvalue weighted by molar-refractivity contribution is -0.144. The topological polar surface area (TPSA) is 57.8 Å². The smallest absolute Gasteiger partial charge is 0.334 e. The van der Waals surface area contributed by atoms with Crippen molar-refractivity contribution in [3.8, 4) is 0 Å². The number of hydrogen-bond donors (Lipinski definition) is 2. The van der Waals surface area contributed by atoms with E-state index in [-0.39, 0.29) is 21.6 Å². The highest BCUT2D eigenvalue weighted by molar-refractivity contribution is 6.34. The second kappa shape index (κ2) is 5.58. The van der Waals surface area contributed by atoms with Crippen LogP contribution in [0.2, 0.25) is 5.02 Å². The number of nitrogens with zero attached hydrogens (tertiary/aromatic N) is 1. The van der Waals surface area contributed by atoms with E-state index in [1.165, 1.54) is 18.2 Å². The van der Waals surface area contributed by atoms with Crippen LogP contribution < -0.4 is 5.32 Å². The molecule has 8 heteroatoms. The molecule has 4 nitrogen and oxygen atoms in total. The molecule has 0 bridgehead atoms. The quantitative estimate of drug-likeness (QED) is 0.723. The monoisotopic (exact) mass is 339 g/mol. The van der Waals surface area contributed by atoms with Crippen molar-refractivity contribution in [2.24, 2.45) is 0 Å². The Hall–Kier alpha value is -2.54. The van der Waals surface area contributed by atoms with E-state index in [9.17, 15) is 18.0 Å². The van der Waals surface area contributed by atoms with E-state index in [2.05, 4.69) is 15.3 Å².